The van der Waals surface area contributed by atoms with E-state index in [2.05, 4.69) is 31.0 Å². The first-order valence-electron chi connectivity index (χ1n) is 9.32. The quantitative estimate of drug-likeness (QED) is 0.719. The number of benzene rings is 1. The van der Waals surface area contributed by atoms with Crippen LogP contribution in [-0.2, 0) is 0 Å². The predicted molar refractivity (Wildman–Crippen MR) is 106 cm³/mol. The number of likely N-dealkylation sites (N-methyl/N-ethyl adjacent to an activating group) is 1. The Morgan fingerprint density at radius 1 is 1.00 bits per heavy atom. The highest BCUT2D eigenvalue weighted by molar-refractivity contribution is 5.98. The van der Waals surface area contributed by atoms with E-state index in [-0.39, 0.29) is 5.91 Å². The molecule has 0 bridgehead atoms. The molecule has 2 aromatic heterocycles. The van der Waals surface area contributed by atoms with E-state index in [0.717, 1.165) is 48.9 Å². The maximum atomic E-state index is 13.4. The number of hydrogen-bond acceptors (Lipinski definition) is 3. The molecule has 0 unspecified atom stereocenters. The summed E-state index contributed by atoms with van der Waals surface area (Å²) in [6.07, 6.45) is 3.92. The fourth-order valence-corrected chi connectivity index (χ4v) is 3.59. The third-order valence-corrected chi connectivity index (χ3v) is 5.14. The molecule has 0 N–H and O–H groups in total. The predicted octanol–water partition coefficient (Wildman–Crippen LogP) is 2.67. The number of aryl methyl sites for hydroxylation is 2. The number of nitrogens with zero attached hydrogens (tertiary/aromatic N) is 5. The zero-order chi connectivity index (χ0) is 19.0. The van der Waals surface area contributed by atoms with Crippen LogP contribution < -0.4 is 0 Å². The Balaban J connectivity index is 1.83. The van der Waals surface area contributed by atoms with Gasteiger partial charge in [0.2, 0.25) is 0 Å². The molecule has 4 rings (SSSR count). The minimum Gasteiger partial charge on any atom is -0.336 e. The van der Waals surface area contributed by atoms with Gasteiger partial charge in [0.15, 0.2) is 5.82 Å². The Morgan fingerprint density at radius 3 is 2.37 bits per heavy atom. The van der Waals surface area contributed by atoms with Crippen LogP contribution in [-0.4, -0.2) is 63.3 Å². The third kappa shape index (κ3) is 3.28. The zero-order valence-electron chi connectivity index (χ0n) is 16.1. The Kier molecular flexibility index (Phi) is 4.58. The number of hydrogen-bond donors (Lipinski definition) is 0. The molecule has 0 radical (unpaired) electrons. The zero-order valence-corrected chi connectivity index (χ0v) is 16.1. The van der Waals surface area contributed by atoms with Gasteiger partial charge < -0.3 is 14.4 Å². The van der Waals surface area contributed by atoms with Crippen LogP contribution in [0.15, 0.2) is 48.8 Å². The maximum absolute atomic E-state index is 13.4. The summed E-state index contributed by atoms with van der Waals surface area (Å²) in [6, 6.07) is 12.1. The van der Waals surface area contributed by atoms with E-state index in [1.54, 1.807) is 0 Å². The van der Waals surface area contributed by atoms with Gasteiger partial charge in [0.05, 0.1) is 11.4 Å². The van der Waals surface area contributed by atoms with Crippen LogP contribution in [0.25, 0.3) is 11.5 Å². The molecule has 1 aliphatic rings. The Bertz CT molecular complexity index is 949. The van der Waals surface area contributed by atoms with Crippen LogP contribution in [0.2, 0.25) is 0 Å². The lowest BCUT2D eigenvalue weighted by molar-refractivity contribution is 0.0663. The smallest absolute Gasteiger partial charge is 0.259 e. The molecule has 1 aromatic carbocycles. The summed E-state index contributed by atoms with van der Waals surface area (Å²) in [5, 5.41) is 4.75. The van der Waals surface area contributed by atoms with Gasteiger partial charge in [-0.2, -0.15) is 5.10 Å². The van der Waals surface area contributed by atoms with Gasteiger partial charge in [-0.3, -0.25) is 4.79 Å². The number of carbonyl (C=O) groups excluding carboxylic acids is 1. The van der Waals surface area contributed by atoms with Gasteiger partial charge in [-0.05, 0) is 50.7 Å². The Morgan fingerprint density at radius 2 is 1.70 bits per heavy atom. The van der Waals surface area contributed by atoms with Crippen molar-refractivity contribution in [1.29, 1.82) is 0 Å². The summed E-state index contributed by atoms with van der Waals surface area (Å²) in [5.74, 6) is 0.857. The van der Waals surface area contributed by atoms with Crippen LogP contribution >= 0.6 is 0 Å². The van der Waals surface area contributed by atoms with Crippen molar-refractivity contribution < 1.29 is 4.79 Å². The van der Waals surface area contributed by atoms with Crippen LogP contribution in [0.3, 0.4) is 0 Å². The van der Waals surface area contributed by atoms with Crippen molar-refractivity contribution >= 4 is 5.91 Å². The van der Waals surface area contributed by atoms with Gasteiger partial charge in [-0.15, -0.1) is 0 Å². The van der Waals surface area contributed by atoms with E-state index < -0.39 is 0 Å². The highest BCUT2D eigenvalue weighted by atomic mass is 16.2. The molecule has 6 heteroatoms. The molecule has 1 aliphatic heterocycles. The highest BCUT2D eigenvalue weighted by Gasteiger charge is 2.28. The first-order chi connectivity index (χ1) is 13.0. The van der Waals surface area contributed by atoms with Gasteiger partial charge in [-0.25, -0.2) is 4.68 Å². The summed E-state index contributed by atoms with van der Waals surface area (Å²) in [6.45, 7) is 7.27. The van der Waals surface area contributed by atoms with E-state index in [9.17, 15) is 4.79 Å². The molecule has 1 saturated heterocycles. The molecule has 0 spiro atoms. The van der Waals surface area contributed by atoms with Gasteiger partial charge in [-0.1, -0.05) is 12.1 Å². The number of piperazine rings is 1. The van der Waals surface area contributed by atoms with Crippen LogP contribution in [0.1, 0.15) is 21.6 Å². The fraction of sp³-hybridized carbons (Fsp3) is 0.333. The molecule has 3 heterocycles. The maximum Gasteiger partial charge on any atom is 0.259 e. The first kappa shape index (κ1) is 17.5. The number of carbonyl (C=O) groups is 1. The average Bonchev–Trinajstić information content (AvgIpc) is 3.29. The Hall–Kier alpha value is -2.86. The van der Waals surface area contributed by atoms with Crippen LogP contribution in [0.4, 0.5) is 0 Å². The molecule has 27 heavy (non-hydrogen) atoms. The molecule has 0 saturated carbocycles. The lowest BCUT2D eigenvalue weighted by Crippen LogP contribution is -2.47. The second-order valence-electron chi connectivity index (χ2n) is 7.22. The van der Waals surface area contributed by atoms with E-state index in [0.29, 0.717) is 5.56 Å². The Labute approximate surface area is 159 Å². The number of amides is 1. The molecule has 140 valence electrons. The SMILES string of the molecule is Cc1cccc(-n2nc(C)c(C(=O)N3CCN(C)CC3)c2-n2cccc2)c1. The van der Waals surface area contributed by atoms with Crippen LogP contribution in [0.5, 0.6) is 0 Å². The van der Waals surface area contributed by atoms with Crippen molar-refractivity contribution in [2.75, 3.05) is 33.2 Å². The van der Waals surface area contributed by atoms with Crippen molar-refractivity contribution in [3.05, 3.63) is 65.6 Å². The summed E-state index contributed by atoms with van der Waals surface area (Å²) in [5.41, 5.74) is 3.55. The topological polar surface area (TPSA) is 46.3 Å². The van der Waals surface area contributed by atoms with Crippen LogP contribution in [0, 0.1) is 13.8 Å². The second-order valence-corrected chi connectivity index (χ2v) is 7.22. The van der Waals surface area contributed by atoms with E-state index in [4.69, 9.17) is 5.10 Å². The van der Waals surface area contributed by atoms with E-state index in [1.807, 2.05) is 57.7 Å². The average molecular weight is 363 g/mol. The molecule has 3 aromatic rings. The molecular weight excluding hydrogens is 338 g/mol. The highest BCUT2D eigenvalue weighted by Crippen LogP contribution is 2.25. The molecule has 0 aliphatic carbocycles. The van der Waals surface area contributed by atoms with Crippen molar-refractivity contribution in [1.82, 2.24) is 24.1 Å². The molecule has 6 nitrogen and oxygen atoms in total. The van der Waals surface area contributed by atoms with Crippen molar-refractivity contribution in [2.45, 2.75) is 13.8 Å². The summed E-state index contributed by atoms with van der Waals surface area (Å²) in [4.78, 5) is 17.6. The van der Waals surface area contributed by atoms with E-state index in [1.165, 1.54) is 0 Å². The second kappa shape index (κ2) is 7.04. The minimum atomic E-state index is 0.0585. The molecule has 1 fully saturated rings. The lowest BCUT2D eigenvalue weighted by atomic mass is 10.1. The van der Waals surface area contributed by atoms with Crippen molar-refractivity contribution in [3.63, 3.8) is 0 Å². The fourth-order valence-electron chi connectivity index (χ4n) is 3.59. The lowest BCUT2D eigenvalue weighted by Gasteiger charge is -2.32. The van der Waals surface area contributed by atoms with Gasteiger partial charge in [0, 0.05) is 38.6 Å². The number of rotatable bonds is 3. The first-order valence-corrected chi connectivity index (χ1v) is 9.32. The van der Waals surface area contributed by atoms with E-state index >= 15 is 0 Å². The normalized spacial score (nSPS) is 15.3. The summed E-state index contributed by atoms with van der Waals surface area (Å²) < 4.78 is 3.86. The van der Waals surface area contributed by atoms with Gasteiger partial charge in [0.1, 0.15) is 5.56 Å². The third-order valence-electron chi connectivity index (χ3n) is 5.14. The standard InChI is InChI=1S/C21H25N5O/c1-16-7-6-8-18(15-16)26-20(24-9-4-5-10-24)19(17(2)22-26)21(27)25-13-11-23(3)12-14-25/h4-10,15H,11-14H2,1-3H3. The van der Waals surface area contributed by atoms with Crippen molar-refractivity contribution in [3.8, 4) is 11.5 Å². The monoisotopic (exact) mass is 363 g/mol. The summed E-state index contributed by atoms with van der Waals surface area (Å²) >= 11 is 0. The molecule has 0 atom stereocenters. The van der Waals surface area contributed by atoms with Gasteiger partial charge in [0.25, 0.3) is 5.91 Å². The molecule has 1 amide bonds. The van der Waals surface area contributed by atoms with Crippen molar-refractivity contribution in [2.24, 2.45) is 0 Å². The summed E-state index contributed by atoms with van der Waals surface area (Å²) in [7, 11) is 2.09. The molecular formula is C21H25N5O. The minimum absolute atomic E-state index is 0.0585. The number of aromatic nitrogens is 3. The van der Waals surface area contributed by atoms with Gasteiger partial charge >= 0.3 is 0 Å². The largest absolute Gasteiger partial charge is 0.336 e.